The molecule has 0 radical (unpaired) electrons. The molecule has 0 unspecified atom stereocenters. The van der Waals surface area contributed by atoms with Crippen LogP contribution in [0.5, 0.6) is 5.75 Å². The Hall–Kier alpha value is -2.10. The van der Waals surface area contributed by atoms with E-state index in [9.17, 15) is 0 Å². The molecular formula is C12H9N3OS. The molecule has 0 aliphatic carbocycles. The average Bonchev–Trinajstić information content (AvgIpc) is 2.40. The molecule has 4 nitrogen and oxygen atoms in total. The topological polar surface area (TPSA) is 47.4 Å². The molecule has 0 atom stereocenters. The van der Waals surface area contributed by atoms with Crippen LogP contribution in [0.15, 0.2) is 41.5 Å². The molecule has 0 fully saturated rings. The third-order valence-electron chi connectivity index (χ3n) is 2.15. The maximum Gasteiger partial charge on any atom is 0.259 e. The highest BCUT2D eigenvalue weighted by Gasteiger charge is 2.02. The first-order valence-electron chi connectivity index (χ1n) is 4.89. The zero-order valence-corrected chi connectivity index (χ0v) is 9.94. The molecule has 1 heterocycles. The van der Waals surface area contributed by atoms with Gasteiger partial charge in [-0.15, -0.1) is 0 Å². The molecule has 17 heavy (non-hydrogen) atoms. The summed E-state index contributed by atoms with van der Waals surface area (Å²) in [6, 6.07) is 9.42. The van der Waals surface area contributed by atoms with Crippen LogP contribution in [0.1, 0.15) is 0 Å². The highest BCUT2D eigenvalue weighted by molar-refractivity contribution is 7.78. The van der Waals surface area contributed by atoms with E-state index in [0.717, 1.165) is 17.0 Å². The molecule has 0 bridgehead atoms. The minimum absolute atomic E-state index is 0.306. The van der Waals surface area contributed by atoms with Gasteiger partial charge < -0.3 is 4.74 Å². The van der Waals surface area contributed by atoms with Crippen LogP contribution in [-0.2, 0) is 0 Å². The number of methoxy groups -OCH3 is 1. The molecule has 1 aromatic carbocycles. The quantitative estimate of drug-likeness (QED) is 0.614. The minimum atomic E-state index is 0.306. The van der Waals surface area contributed by atoms with Crippen molar-refractivity contribution in [2.45, 2.75) is 0 Å². The molecule has 0 N–H and O–H groups in total. The first kappa shape index (κ1) is 11.4. The summed E-state index contributed by atoms with van der Waals surface area (Å²) >= 11 is 4.52. The monoisotopic (exact) mass is 243 g/mol. The second kappa shape index (κ2) is 5.30. The first-order valence-corrected chi connectivity index (χ1v) is 5.29. The van der Waals surface area contributed by atoms with E-state index in [0.29, 0.717) is 5.95 Å². The Morgan fingerprint density at radius 3 is 3.00 bits per heavy atom. The van der Waals surface area contributed by atoms with E-state index in [1.807, 2.05) is 24.3 Å². The Bertz CT molecular complexity index is 579. The Morgan fingerprint density at radius 1 is 1.35 bits per heavy atom. The van der Waals surface area contributed by atoms with E-state index >= 15 is 0 Å². The van der Waals surface area contributed by atoms with Crippen molar-refractivity contribution in [1.82, 2.24) is 9.97 Å². The van der Waals surface area contributed by atoms with Crippen LogP contribution in [0.3, 0.4) is 0 Å². The average molecular weight is 243 g/mol. The van der Waals surface area contributed by atoms with Gasteiger partial charge in [-0.3, -0.25) is 0 Å². The molecule has 2 aromatic rings. The highest BCUT2D eigenvalue weighted by Crippen LogP contribution is 2.22. The van der Waals surface area contributed by atoms with Crippen molar-refractivity contribution in [3.8, 4) is 17.0 Å². The standard InChI is InChI=1S/C12H9N3OS/c1-16-10-4-2-3-9(7-10)11-5-6-13-12(15-11)14-8-17/h2-7H,1H3. The number of hydrogen-bond acceptors (Lipinski definition) is 5. The van der Waals surface area contributed by atoms with E-state index in [4.69, 9.17) is 4.74 Å². The van der Waals surface area contributed by atoms with E-state index in [2.05, 4.69) is 32.3 Å². The van der Waals surface area contributed by atoms with Crippen molar-refractivity contribution in [2.24, 2.45) is 4.99 Å². The molecular weight excluding hydrogens is 234 g/mol. The third-order valence-corrected chi connectivity index (χ3v) is 2.25. The normalized spacial score (nSPS) is 9.47. The van der Waals surface area contributed by atoms with Gasteiger partial charge in [0, 0.05) is 11.8 Å². The Kier molecular flexibility index (Phi) is 3.55. The summed E-state index contributed by atoms with van der Waals surface area (Å²) in [5.74, 6) is 1.08. The molecule has 84 valence electrons. The summed E-state index contributed by atoms with van der Waals surface area (Å²) in [5, 5.41) is 2.24. The number of aliphatic imine (C=N–C) groups is 1. The predicted octanol–water partition coefficient (Wildman–Crippen LogP) is 2.89. The summed E-state index contributed by atoms with van der Waals surface area (Å²) in [6.45, 7) is 0. The van der Waals surface area contributed by atoms with Crippen LogP contribution in [0, 0.1) is 0 Å². The molecule has 2 rings (SSSR count). The zero-order chi connectivity index (χ0) is 12.1. The smallest absolute Gasteiger partial charge is 0.259 e. The van der Waals surface area contributed by atoms with Gasteiger partial charge in [0.05, 0.1) is 18.0 Å². The van der Waals surface area contributed by atoms with Crippen molar-refractivity contribution in [2.75, 3.05) is 7.11 Å². The van der Waals surface area contributed by atoms with Crippen LogP contribution in [-0.4, -0.2) is 22.2 Å². The van der Waals surface area contributed by atoms with E-state index in [1.165, 1.54) is 0 Å². The molecule has 0 amide bonds. The van der Waals surface area contributed by atoms with Gasteiger partial charge in [-0.25, -0.2) is 9.97 Å². The zero-order valence-electron chi connectivity index (χ0n) is 9.12. The molecule has 0 spiro atoms. The van der Waals surface area contributed by atoms with Gasteiger partial charge in [-0.1, -0.05) is 12.1 Å². The van der Waals surface area contributed by atoms with Crippen LogP contribution >= 0.6 is 12.2 Å². The summed E-state index contributed by atoms with van der Waals surface area (Å²) in [5.41, 5.74) is 1.70. The van der Waals surface area contributed by atoms with Gasteiger partial charge in [0.25, 0.3) is 5.95 Å². The number of hydrogen-bond donors (Lipinski definition) is 0. The number of thiocarbonyl (C=S) groups is 1. The molecule has 5 heteroatoms. The lowest BCUT2D eigenvalue weighted by molar-refractivity contribution is 0.415. The fraction of sp³-hybridized carbons (Fsp3) is 0.0833. The van der Waals surface area contributed by atoms with Crippen molar-refractivity contribution in [1.29, 1.82) is 0 Å². The fourth-order valence-corrected chi connectivity index (χ4v) is 1.47. The lowest BCUT2D eigenvalue weighted by Crippen LogP contribution is -1.87. The lowest BCUT2D eigenvalue weighted by atomic mass is 10.1. The van der Waals surface area contributed by atoms with Gasteiger partial charge in [0.1, 0.15) is 5.75 Å². The van der Waals surface area contributed by atoms with Gasteiger partial charge >= 0.3 is 0 Å². The second-order valence-corrected chi connectivity index (χ2v) is 3.36. The summed E-state index contributed by atoms with van der Waals surface area (Å²) in [7, 11) is 1.63. The number of ether oxygens (including phenoxy) is 1. The van der Waals surface area contributed by atoms with Crippen molar-refractivity contribution in [3.05, 3.63) is 36.5 Å². The van der Waals surface area contributed by atoms with Gasteiger partial charge in [-0.05, 0) is 30.4 Å². The number of aromatic nitrogens is 2. The summed E-state index contributed by atoms with van der Waals surface area (Å²) in [4.78, 5) is 12.0. The van der Waals surface area contributed by atoms with Gasteiger partial charge in [0.15, 0.2) is 0 Å². The third kappa shape index (κ3) is 2.72. The molecule has 0 aliphatic heterocycles. The SMILES string of the molecule is COc1cccc(-c2ccnc(N=C=S)n2)c1. The summed E-state index contributed by atoms with van der Waals surface area (Å²) < 4.78 is 5.16. The number of nitrogens with zero attached hydrogens (tertiary/aromatic N) is 3. The number of benzene rings is 1. The maximum atomic E-state index is 5.16. The molecule has 1 aromatic heterocycles. The van der Waals surface area contributed by atoms with Crippen LogP contribution < -0.4 is 4.74 Å². The minimum Gasteiger partial charge on any atom is -0.497 e. The molecule has 0 saturated heterocycles. The second-order valence-electron chi connectivity index (χ2n) is 3.18. The largest absolute Gasteiger partial charge is 0.497 e. The van der Waals surface area contributed by atoms with E-state index < -0.39 is 0 Å². The van der Waals surface area contributed by atoms with E-state index in [1.54, 1.807) is 19.4 Å². The Labute approximate surface area is 104 Å². The van der Waals surface area contributed by atoms with Gasteiger partial charge in [-0.2, -0.15) is 4.99 Å². The lowest BCUT2D eigenvalue weighted by Gasteiger charge is -2.03. The van der Waals surface area contributed by atoms with Crippen molar-refractivity contribution in [3.63, 3.8) is 0 Å². The van der Waals surface area contributed by atoms with Gasteiger partial charge in [0.2, 0.25) is 0 Å². The van der Waals surface area contributed by atoms with Crippen LogP contribution in [0.4, 0.5) is 5.95 Å². The predicted molar refractivity (Wildman–Crippen MR) is 68.7 cm³/mol. The van der Waals surface area contributed by atoms with E-state index in [-0.39, 0.29) is 0 Å². The Balaban J connectivity index is 2.44. The van der Waals surface area contributed by atoms with Crippen molar-refractivity contribution >= 4 is 23.3 Å². The Morgan fingerprint density at radius 2 is 2.24 bits per heavy atom. The maximum absolute atomic E-state index is 5.16. The van der Waals surface area contributed by atoms with Crippen LogP contribution in [0.2, 0.25) is 0 Å². The first-order chi connectivity index (χ1) is 8.33. The van der Waals surface area contributed by atoms with Crippen molar-refractivity contribution < 1.29 is 4.74 Å². The molecule has 0 aliphatic rings. The highest BCUT2D eigenvalue weighted by atomic mass is 32.1. The molecule has 0 saturated carbocycles. The number of isothiocyanates is 1. The fourth-order valence-electron chi connectivity index (χ4n) is 1.39. The number of rotatable bonds is 3. The van der Waals surface area contributed by atoms with Crippen LogP contribution in [0.25, 0.3) is 11.3 Å². The summed E-state index contributed by atoms with van der Waals surface area (Å²) in [6.07, 6.45) is 1.63.